The fourth-order valence-electron chi connectivity index (χ4n) is 0.852. The van der Waals surface area contributed by atoms with E-state index in [4.69, 9.17) is 14.8 Å². The van der Waals surface area contributed by atoms with E-state index in [0.717, 1.165) is 0 Å². The molecule has 1 aromatic rings. The molecule has 1 rings (SSSR count). The molecule has 0 aliphatic heterocycles. The SMILES string of the molecule is COc1cc(C=O)cc(B(O)O)n1. The zero-order valence-electron chi connectivity index (χ0n) is 6.97. The molecule has 13 heavy (non-hydrogen) atoms. The van der Waals surface area contributed by atoms with E-state index in [-0.39, 0.29) is 17.0 Å². The van der Waals surface area contributed by atoms with Gasteiger partial charge in [0.2, 0.25) is 5.88 Å². The maximum atomic E-state index is 10.4. The molecule has 68 valence electrons. The van der Waals surface area contributed by atoms with Crippen molar-refractivity contribution in [1.29, 1.82) is 0 Å². The highest BCUT2D eigenvalue weighted by Gasteiger charge is 2.14. The third-order valence-electron chi connectivity index (χ3n) is 1.45. The first-order valence-corrected chi connectivity index (χ1v) is 3.54. The van der Waals surface area contributed by atoms with Gasteiger partial charge in [0.1, 0.15) is 6.29 Å². The molecule has 0 spiro atoms. The highest BCUT2D eigenvalue weighted by molar-refractivity contribution is 6.57. The van der Waals surface area contributed by atoms with Crippen molar-refractivity contribution in [2.45, 2.75) is 0 Å². The van der Waals surface area contributed by atoms with E-state index in [0.29, 0.717) is 6.29 Å². The topological polar surface area (TPSA) is 79.7 Å². The Morgan fingerprint density at radius 2 is 2.23 bits per heavy atom. The van der Waals surface area contributed by atoms with Crippen molar-refractivity contribution < 1.29 is 19.6 Å². The van der Waals surface area contributed by atoms with Gasteiger partial charge in [0.25, 0.3) is 0 Å². The lowest BCUT2D eigenvalue weighted by Crippen LogP contribution is -2.33. The first kappa shape index (κ1) is 9.69. The zero-order chi connectivity index (χ0) is 9.84. The standard InChI is InChI=1S/C7H8BNO4/c1-13-7-3-5(4-10)2-6(9-7)8(11)12/h2-4,11-12H,1H3. The van der Waals surface area contributed by atoms with Crippen LogP contribution in [-0.4, -0.2) is 35.5 Å². The van der Waals surface area contributed by atoms with Crippen molar-refractivity contribution >= 4 is 19.0 Å². The van der Waals surface area contributed by atoms with Crippen LogP contribution in [0.25, 0.3) is 0 Å². The van der Waals surface area contributed by atoms with E-state index < -0.39 is 7.12 Å². The maximum absolute atomic E-state index is 10.4. The summed E-state index contributed by atoms with van der Waals surface area (Å²) in [4.78, 5) is 14.1. The summed E-state index contributed by atoms with van der Waals surface area (Å²) >= 11 is 0. The summed E-state index contributed by atoms with van der Waals surface area (Å²) < 4.78 is 4.76. The van der Waals surface area contributed by atoms with Crippen molar-refractivity contribution in [1.82, 2.24) is 4.98 Å². The average molecular weight is 181 g/mol. The Morgan fingerprint density at radius 1 is 1.54 bits per heavy atom. The first-order chi connectivity index (χ1) is 6.17. The van der Waals surface area contributed by atoms with E-state index in [9.17, 15) is 4.79 Å². The normalized spacial score (nSPS) is 9.46. The number of nitrogens with zero attached hydrogens (tertiary/aromatic N) is 1. The molecule has 0 aliphatic carbocycles. The second-order valence-corrected chi connectivity index (χ2v) is 2.36. The first-order valence-electron chi connectivity index (χ1n) is 3.54. The molecule has 5 nitrogen and oxygen atoms in total. The Kier molecular flexibility index (Phi) is 3.00. The number of carbonyl (C=O) groups is 1. The lowest BCUT2D eigenvalue weighted by Gasteiger charge is -2.03. The fraction of sp³-hybridized carbons (Fsp3) is 0.143. The van der Waals surface area contributed by atoms with Crippen molar-refractivity contribution in [2.75, 3.05) is 7.11 Å². The van der Waals surface area contributed by atoms with Crippen LogP contribution in [0.5, 0.6) is 5.88 Å². The van der Waals surface area contributed by atoms with Gasteiger partial charge in [-0.3, -0.25) is 4.79 Å². The maximum Gasteiger partial charge on any atom is 0.508 e. The van der Waals surface area contributed by atoms with Crippen LogP contribution in [0.3, 0.4) is 0 Å². The molecular formula is C7H8BNO4. The summed E-state index contributed by atoms with van der Waals surface area (Å²) in [6, 6.07) is 2.68. The number of carbonyl (C=O) groups excluding carboxylic acids is 1. The van der Waals surface area contributed by atoms with E-state index in [2.05, 4.69) is 4.98 Å². The van der Waals surface area contributed by atoms with Gasteiger partial charge in [-0.1, -0.05) is 0 Å². The minimum absolute atomic E-state index is 0.0125. The minimum atomic E-state index is -1.70. The highest BCUT2D eigenvalue weighted by Crippen LogP contribution is 2.05. The Hall–Kier alpha value is -1.40. The van der Waals surface area contributed by atoms with E-state index >= 15 is 0 Å². The molecule has 0 radical (unpaired) electrons. The van der Waals surface area contributed by atoms with E-state index in [1.54, 1.807) is 0 Å². The van der Waals surface area contributed by atoms with Crippen LogP contribution < -0.4 is 10.3 Å². The number of hydrogen-bond donors (Lipinski definition) is 2. The molecule has 6 heteroatoms. The monoisotopic (exact) mass is 181 g/mol. The quantitative estimate of drug-likeness (QED) is 0.442. The van der Waals surface area contributed by atoms with Crippen molar-refractivity contribution in [3.05, 3.63) is 17.7 Å². The Bertz CT molecular complexity index is 315. The van der Waals surface area contributed by atoms with Gasteiger partial charge in [0.15, 0.2) is 0 Å². The molecule has 0 unspecified atom stereocenters. The van der Waals surface area contributed by atoms with Crippen LogP contribution in [0.4, 0.5) is 0 Å². The Balaban J connectivity index is 3.14. The van der Waals surface area contributed by atoms with Crippen LogP contribution >= 0.6 is 0 Å². The summed E-state index contributed by atoms with van der Waals surface area (Å²) in [6.07, 6.45) is 0.579. The minimum Gasteiger partial charge on any atom is -0.481 e. The number of rotatable bonds is 3. The van der Waals surface area contributed by atoms with Gasteiger partial charge in [-0.15, -0.1) is 0 Å². The molecule has 0 aliphatic rings. The Morgan fingerprint density at radius 3 is 2.69 bits per heavy atom. The lowest BCUT2D eigenvalue weighted by atomic mass is 9.85. The number of ether oxygens (including phenoxy) is 1. The number of pyridine rings is 1. The largest absolute Gasteiger partial charge is 0.508 e. The van der Waals surface area contributed by atoms with Gasteiger partial charge in [0.05, 0.1) is 12.7 Å². The van der Waals surface area contributed by atoms with Gasteiger partial charge in [-0.2, -0.15) is 0 Å². The number of aldehydes is 1. The molecule has 0 saturated carbocycles. The van der Waals surface area contributed by atoms with E-state index in [1.165, 1.54) is 19.2 Å². The molecule has 0 aromatic carbocycles. The fourth-order valence-corrected chi connectivity index (χ4v) is 0.852. The molecule has 0 fully saturated rings. The molecule has 0 bridgehead atoms. The third-order valence-corrected chi connectivity index (χ3v) is 1.45. The summed E-state index contributed by atoms with van der Waals surface area (Å²) in [5.74, 6) is 0.174. The Labute approximate surface area is 75.1 Å². The van der Waals surface area contributed by atoms with Gasteiger partial charge in [0, 0.05) is 11.6 Å². The predicted molar refractivity (Wildman–Crippen MR) is 46.0 cm³/mol. The molecule has 0 saturated heterocycles. The second kappa shape index (κ2) is 4.02. The third kappa shape index (κ3) is 2.27. The molecule has 0 amide bonds. The summed E-state index contributed by atoms with van der Waals surface area (Å²) in [5.41, 5.74) is 0.274. The molecule has 0 atom stereocenters. The second-order valence-electron chi connectivity index (χ2n) is 2.36. The van der Waals surface area contributed by atoms with E-state index in [1.807, 2.05) is 0 Å². The van der Waals surface area contributed by atoms with Crippen LogP contribution in [0, 0.1) is 0 Å². The van der Waals surface area contributed by atoms with Crippen molar-refractivity contribution in [2.24, 2.45) is 0 Å². The molecule has 1 aromatic heterocycles. The summed E-state index contributed by atoms with van der Waals surface area (Å²) in [7, 11) is -0.321. The van der Waals surface area contributed by atoms with Crippen LogP contribution in [0.1, 0.15) is 10.4 Å². The summed E-state index contributed by atoms with van der Waals surface area (Å²) in [5, 5.41) is 17.6. The van der Waals surface area contributed by atoms with Crippen molar-refractivity contribution in [3.63, 3.8) is 0 Å². The van der Waals surface area contributed by atoms with Gasteiger partial charge >= 0.3 is 7.12 Å². The molecular weight excluding hydrogens is 173 g/mol. The van der Waals surface area contributed by atoms with Gasteiger partial charge in [-0.25, -0.2) is 4.98 Å². The van der Waals surface area contributed by atoms with Gasteiger partial charge < -0.3 is 14.8 Å². The molecule has 1 heterocycles. The highest BCUT2D eigenvalue weighted by atomic mass is 16.5. The summed E-state index contributed by atoms with van der Waals surface area (Å²) in [6.45, 7) is 0. The lowest BCUT2D eigenvalue weighted by molar-refractivity contribution is 0.112. The zero-order valence-corrected chi connectivity index (χ0v) is 6.97. The number of methoxy groups -OCH3 is 1. The predicted octanol–water partition coefficient (Wildman–Crippen LogP) is -1.42. The number of aromatic nitrogens is 1. The van der Waals surface area contributed by atoms with Crippen LogP contribution in [0.15, 0.2) is 12.1 Å². The molecule has 2 N–H and O–H groups in total. The van der Waals surface area contributed by atoms with Crippen LogP contribution in [-0.2, 0) is 0 Å². The van der Waals surface area contributed by atoms with Gasteiger partial charge in [-0.05, 0) is 6.07 Å². The van der Waals surface area contributed by atoms with Crippen molar-refractivity contribution in [3.8, 4) is 5.88 Å². The number of hydrogen-bond acceptors (Lipinski definition) is 5. The smallest absolute Gasteiger partial charge is 0.481 e. The average Bonchev–Trinajstić information content (AvgIpc) is 2.16. The van der Waals surface area contributed by atoms with Crippen LogP contribution in [0.2, 0.25) is 0 Å².